The van der Waals surface area contributed by atoms with Crippen molar-refractivity contribution in [2.75, 3.05) is 0 Å². The smallest absolute Gasteiger partial charge is 0.234 e. The Balaban J connectivity index is 1.21. The van der Waals surface area contributed by atoms with E-state index in [0.29, 0.717) is 11.8 Å². The zero-order valence-corrected chi connectivity index (χ0v) is 26.4. The Bertz CT molecular complexity index is 2760. The zero-order chi connectivity index (χ0) is 31.6. The number of hydrogen-bond acceptors (Lipinski definition) is 5. The number of fused-ring (bicyclic) bond motifs is 10. The van der Waals surface area contributed by atoms with Crippen molar-refractivity contribution in [1.82, 2.24) is 24.5 Å². The van der Waals surface area contributed by atoms with Gasteiger partial charge in [-0.1, -0.05) is 121 Å². The molecule has 0 saturated carbocycles. The summed E-state index contributed by atoms with van der Waals surface area (Å²) in [7, 11) is 0. The molecule has 0 aliphatic heterocycles. The first kappa shape index (κ1) is 26.9. The molecule has 48 heavy (non-hydrogen) atoms. The SMILES string of the molecule is c1ccc(-c2cc(-c3cnc(-n4c5ccccc5c5c6ccccc6c6c7ccccc7sc6c54)nc3)nc(-c3ccccc3)n2)cc1. The first-order valence-corrected chi connectivity index (χ1v) is 16.7. The predicted molar refractivity (Wildman–Crippen MR) is 199 cm³/mol. The summed E-state index contributed by atoms with van der Waals surface area (Å²) in [6.07, 6.45) is 3.77. The van der Waals surface area contributed by atoms with Gasteiger partial charge in [0.2, 0.25) is 5.95 Å². The molecule has 5 nitrogen and oxygen atoms in total. The van der Waals surface area contributed by atoms with E-state index in [2.05, 4.69) is 89.5 Å². The highest BCUT2D eigenvalue weighted by Crippen LogP contribution is 2.47. The molecule has 0 fully saturated rings. The van der Waals surface area contributed by atoms with Gasteiger partial charge in [0.15, 0.2) is 5.82 Å². The van der Waals surface area contributed by atoms with Gasteiger partial charge in [0, 0.05) is 55.3 Å². The van der Waals surface area contributed by atoms with Crippen LogP contribution in [0.2, 0.25) is 0 Å². The normalized spacial score (nSPS) is 11.8. The molecule has 0 aliphatic rings. The van der Waals surface area contributed by atoms with Crippen molar-refractivity contribution in [3.63, 3.8) is 0 Å². The van der Waals surface area contributed by atoms with Crippen LogP contribution >= 0.6 is 11.3 Å². The summed E-state index contributed by atoms with van der Waals surface area (Å²) in [5.74, 6) is 1.29. The molecular weight excluding hydrogens is 607 g/mol. The van der Waals surface area contributed by atoms with Gasteiger partial charge in [0.1, 0.15) is 0 Å². The molecule has 0 bridgehead atoms. The molecular formula is C42H25N5S. The fourth-order valence-corrected chi connectivity index (χ4v) is 8.23. The second-order valence-corrected chi connectivity index (χ2v) is 12.9. The minimum absolute atomic E-state index is 0.625. The van der Waals surface area contributed by atoms with Gasteiger partial charge in [-0.2, -0.15) is 0 Å². The molecule has 4 aromatic heterocycles. The Kier molecular flexibility index (Phi) is 5.98. The molecule has 0 aliphatic carbocycles. The van der Waals surface area contributed by atoms with E-state index in [-0.39, 0.29) is 0 Å². The molecule has 0 radical (unpaired) electrons. The average molecular weight is 632 g/mol. The van der Waals surface area contributed by atoms with Gasteiger partial charge >= 0.3 is 0 Å². The van der Waals surface area contributed by atoms with Crippen LogP contribution in [0.4, 0.5) is 0 Å². The number of para-hydroxylation sites is 1. The molecule has 0 atom stereocenters. The Morgan fingerprint density at radius 2 is 1.04 bits per heavy atom. The Hall–Kier alpha value is -6.24. The Morgan fingerprint density at radius 3 is 1.77 bits per heavy atom. The molecule has 10 rings (SSSR count). The fraction of sp³-hybridized carbons (Fsp3) is 0. The van der Waals surface area contributed by atoms with E-state index in [1.165, 1.54) is 41.7 Å². The highest BCUT2D eigenvalue weighted by Gasteiger charge is 2.22. The van der Waals surface area contributed by atoms with E-state index in [4.69, 9.17) is 19.9 Å². The predicted octanol–water partition coefficient (Wildman–Crippen LogP) is 10.9. The number of nitrogens with zero attached hydrogens (tertiary/aromatic N) is 5. The topological polar surface area (TPSA) is 56.5 Å². The van der Waals surface area contributed by atoms with Gasteiger partial charge < -0.3 is 0 Å². The summed E-state index contributed by atoms with van der Waals surface area (Å²) in [5, 5.41) is 7.47. The summed E-state index contributed by atoms with van der Waals surface area (Å²) in [6, 6.07) is 48.4. The lowest BCUT2D eigenvalue weighted by Crippen LogP contribution is -2.02. The molecule has 0 amide bonds. The average Bonchev–Trinajstić information content (AvgIpc) is 3.73. The third-order valence-corrected chi connectivity index (χ3v) is 10.3. The molecule has 0 saturated heterocycles. The second-order valence-electron chi connectivity index (χ2n) is 11.9. The molecule has 224 valence electrons. The van der Waals surface area contributed by atoms with Crippen LogP contribution in [0.25, 0.3) is 92.6 Å². The number of aromatic nitrogens is 5. The lowest BCUT2D eigenvalue weighted by atomic mass is 9.99. The maximum absolute atomic E-state index is 5.04. The summed E-state index contributed by atoms with van der Waals surface area (Å²) >= 11 is 1.84. The van der Waals surface area contributed by atoms with E-state index in [9.17, 15) is 0 Å². The van der Waals surface area contributed by atoms with Crippen molar-refractivity contribution in [2.24, 2.45) is 0 Å². The van der Waals surface area contributed by atoms with Crippen LogP contribution in [0.1, 0.15) is 0 Å². The third-order valence-electron chi connectivity index (χ3n) is 9.11. The molecule has 10 aromatic rings. The summed E-state index contributed by atoms with van der Waals surface area (Å²) in [6.45, 7) is 0. The summed E-state index contributed by atoms with van der Waals surface area (Å²) in [4.78, 5) is 20.0. The second kappa shape index (κ2) is 10.7. The highest BCUT2D eigenvalue weighted by atomic mass is 32.1. The van der Waals surface area contributed by atoms with E-state index < -0.39 is 0 Å². The van der Waals surface area contributed by atoms with Crippen LogP contribution in [-0.4, -0.2) is 24.5 Å². The van der Waals surface area contributed by atoms with Crippen LogP contribution in [0.5, 0.6) is 0 Å². The van der Waals surface area contributed by atoms with E-state index in [1.807, 2.05) is 78.3 Å². The van der Waals surface area contributed by atoms with Crippen LogP contribution in [0.3, 0.4) is 0 Å². The zero-order valence-electron chi connectivity index (χ0n) is 25.6. The van der Waals surface area contributed by atoms with Crippen molar-refractivity contribution in [1.29, 1.82) is 0 Å². The summed E-state index contributed by atoms with van der Waals surface area (Å²) in [5.41, 5.74) is 6.65. The lowest BCUT2D eigenvalue weighted by Gasteiger charge is -2.11. The maximum atomic E-state index is 5.04. The van der Waals surface area contributed by atoms with Crippen molar-refractivity contribution in [2.45, 2.75) is 0 Å². The van der Waals surface area contributed by atoms with Gasteiger partial charge in [0.25, 0.3) is 0 Å². The minimum Gasteiger partial charge on any atom is -0.276 e. The molecule has 6 heteroatoms. The Labute approximate surface area is 279 Å². The van der Waals surface area contributed by atoms with E-state index in [0.717, 1.165) is 39.1 Å². The first-order chi connectivity index (χ1) is 23.8. The monoisotopic (exact) mass is 631 g/mol. The third kappa shape index (κ3) is 4.10. The van der Waals surface area contributed by atoms with Gasteiger partial charge in [-0.15, -0.1) is 11.3 Å². The van der Waals surface area contributed by atoms with Gasteiger partial charge in [-0.05, 0) is 29.0 Å². The highest BCUT2D eigenvalue weighted by molar-refractivity contribution is 7.27. The van der Waals surface area contributed by atoms with Crippen molar-refractivity contribution < 1.29 is 0 Å². The molecule has 0 spiro atoms. The lowest BCUT2D eigenvalue weighted by molar-refractivity contribution is 0.991. The minimum atomic E-state index is 0.625. The fourth-order valence-electron chi connectivity index (χ4n) is 6.97. The summed E-state index contributed by atoms with van der Waals surface area (Å²) < 4.78 is 4.75. The first-order valence-electron chi connectivity index (χ1n) is 15.9. The van der Waals surface area contributed by atoms with Crippen LogP contribution in [-0.2, 0) is 0 Å². The molecule has 4 heterocycles. The van der Waals surface area contributed by atoms with Gasteiger partial charge in [-0.25, -0.2) is 19.9 Å². The number of hydrogen-bond donors (Lipinski definition) is 0. The largest absolute Gasteiger partial charge is 0.276 e. The quantitative estimate of drug-likeness (QED) is 0.194. The Morgan fingerprint density at radius 1 is 0.479 bits per heavy atom. The van der Waals surface area contributed by atoms with Crippen LogP contribution < -0.4 is 0 Å². The molecule has 6 aromatic carbocycles. The maximum Gasteiger partial charge on any atom is 0.234 e. The van der Waals surface area contributed by atoms with Crippen molar-refractivity contribution in [3.05, 3.63) is 152 Å². The number of benzene rings is 6. The van der Waals surface area contributed by atoms with Gasteiger partial charge in [0.05, 0.1) is 27.1 Å². The van der Waals surface area contributed by atoms with E-state index >= 15 is 0 Å². The number of thiophene rings is 1. The van der Waals surface area contributed by atoms with Crippen LogP contribution in [0.15, 0.2) is 152 Å². The van der Waals surface area contributed by atoms with Crippen molar-refractivity contribution in [3.8, 4) is 39.9 Å². The van der Waals surface area contributed by atoms with E-state index in [1.54, 1.807) is 0 Å². The standard InChI is InChI=1S/C42H25N5S/c1-3-13-26(14-4-1)33-23-34(46-41(45-33)27-15-5-2-6-16-27)28-24-43-42(44-25-28)47-35-21-11-9-19-31(35)37-29-17-7-8-18-30(29)38-32-20-10-12-22-36(32)48-40(38)39(37)47/h1-25H. The molecule has 0 unspecified atom stereocenters. The van der Waals surface area contributed by atoms with Gasteiger partial charge in [-0.3, -0.25) is 4.57 Å². The number of rotatable bonds is 4. The molecule has 0 N–H and O–H groups in total. The van der Waals surface area contributed by atoms with Crippen molar-refractivity contribution >= 4 is 64.1 Å². The van der Waals surface area contributed by atoms with Crippen LogP contribution in [0, 0.1) is 0 Å².